The monoisotopic (exact) mass is 226 g/mol. The Morgan fingerprint density at radius 3 is 2.12 bits per heavy atom. The molecule has 0 aromatic heterocycles. The summed E-state index contributed by atoms with van der Waals surface area (Å²) in [6.45, 7) is 6.37. The zero-order valence-corrected chi connectivity index (χ0v) is 11.1. The van der Waals surface area contributed by atoms with Crippen molar-refractivity contribution in [1.82, 2.24) is 4.90 Å². The second-order valence-electron chi connectivity index (χ2n) is 5.62. The fourth-order valence-electron chi connectivity index (χ4n) is 2.38. The van der Waals surface area contributed by atoms with Gasteiger partial charge in [0, 0.05) is 13.1 Å². The maximum absolute atomic E-state index is 12.4. The van der Waals surface area contributed by atoms with Crippen molar-refractivity contribution in [1.29, 1.82) is 0 Å². The molecule has 2 N–H and O–H groups in total. The Morgan fingerprint density at radius 2 is 1.69 bits per heavy atom. The van der Waals surface area contributed by atoms with E-state index in [1.165, 1.54) is 6.42 Å². The largest absolute Gasteiger partial charge is 0.341 e. The summed E-state index contributed by atoms with van der Waals surface area (Å²) in [6.07, 6.45) is 5.09. The maximum atomic E-state index is 12.4. The van der Waals surface area contributed by atoms with Crippen molar-refractivity contribution >= 4 is 5.91 Å². The van der Waals surface area contributed by atoms with Gasteiger partial charge in [0.1, 0.15) is 0 Å². The fraction of sp³-hybridized carbons (Fsp3) is 0.923. The lowest BCUT2D eigenvalue weighted by Gasteiger charge is -2.38. The Labute approximate surface area is 99.4 Å². The lowest BCUT2D eigenvalue weighted by atomic mass is 9.81. The van der Waals surface area contributed by atoms with Crippen LogP contribution >= 0.6 is 0 Å². The molecule has 1 atom stereocenters. The molecule has 0 aromatic carbocycles. The third-order valence-corrected chi connectivity index (χ3v) is 4.07. The van der Waals surface area contributed by atoms with Crippen LogP contribution < -0.4 is 5.73 Å². The highest BCUT2D eigenvalue weighted by Gasteiger charge is 2.38. The van der Waals surface area contributed by atoms with Crippen LogP contribution in [0.2, 0.25) is 0 Å². The fourth-order valence-corrected chi connectivity index (χ4v) is 2.38. The van der Waals surface area contributed by atoms with Crippen molar-refractivity contribution in [3.05, 3.63) is 0 Å². The maximum Gasteiger partial charge on any atom is 0.242 e. The van der Waals surface area contributed by atoms with Crippen molar-refractivity contribution in [3.8, 4) is 0 Å². The van der Waals surface area contributed by atoms with E-state index in [4.69, 9.17) is 5.73 Å². The molecule has 1 aliphatic rings. The summed E-state index contributed by atoms with van der Waals surface area (Å²) in [5.41, 5.74) is 5.66. The van der Waals surface area contributed by atoms with E-state index in [0.29, 0.717) is 5.92 Å². The first-order chi connectivity index (χ1) is 7.38. The van der Waals surface area contributed by atoms with Crippen molar-refractivity contribution in [2.24, 2.45) is 11.7 Å². The molecule has 3 nitrogen and oxygen atoms in total. The van der Waals surface area contributed by atoms with Crippen LogP contribution in [-0.4, -0.2) is 29.4 Å². The first-order valence-electron chi connectivity index (χ1n) is 6.44. The van der Waals surface area contributed by atoms with Crippen molar-refractivity contribution < 1.29 is 4.79 Å². The van der Waals surface area contributed by atoms with E-state index in [-0.39, 0.29) is 11.9 Å². The highest BCUT2D eigenvalue weighted by Crippen LogP contribution is 2.28. The van der Waals surface area contributed by atoms with Crippen molar-refractivity contribution in [2.75, 3.05) is 7.05 Å². The summed E-state index contributed by atoms with van der Waals surface area (Å²) in [6, 6.07) is 0.259. The van der Waals surface area contributed by atoms with Crippen molar-refractivity contribution in [3.63, 3.8) is 0 Å². The van der Waals surface area contributed by atoms with Gasteiger partial charge in [0.15, 0.2) is 0 Å². The number of hydrogen-bond acceptors (Lipinski definition) is 2. The summed E-state index contributed by atoms with van der Waals surface area (Å²) >= 11 is 0. The molecule has 0 saturated heterocycles. The number of carbonyl (C=O) groups excluding carboxylic acids is 1. The number of nitrogens with zero attached hydrogens (tertiary/aromatic N) is 1. The van der Waals surface area contributed by atoms with Crippen LogP contribution in [0.4, 0.5) is 0 Å². The summed E-state index contributed by atoms with van der Waals surface area (Å²) in [4.78, 5) is 14.2. The Balaban J connectivity index is 2.68. The molecule has 1 aliphatic carbocycles. The average Bonchev–Trinajstić information content (AvgIpc) is 2.27. The zero-order valence-electron chi connectivity index (χ0n) is 11.1. The van der Waals surface area contributed by atoms with E-state index >= 15 is 0 Å². The van der Waals surface area contributed by atoms with E-state index in [1.54, 1.807) is 0 Å². The van der Waals surface area contributed by atoms with E-state index < -0.39 is 5.54 Å². The second-order valence-corrected chi connectivity index (χ2v) is 5.62. The van der Waals surface area contributed by atoms with Crippen LogP contribution in [0.15, 0.2) is 0 Å². The Morgan fingerprint density at radius 1 is 1.19 bits per heavy atom. The number of hydrogen-bond donors (Lipinski definition) is 1. The topological polar surface area (TPSA) is 46.3 Å². The number of likely N-dealkylation sites (N-methyl/N-ethyl adjacent to an activating group) is 1. The Hall–Kier alpha value is -0.570. The van der Waals surface area contributed by atoms with Gasteiger partial charge in [0.05, 0.1) is 5.54 Å². The van der Waals surface area contributed by atoms with Crippen LogP contribution in [-0.2, 0) is 4.79 Å². The Bertz CT molecular complexity index is 244. The van der Waals surface area contributed by atoms with Crippen LogP contribution in [0.3, 0.4) is 0 Å². The summed E-state index contributed by atoms with van der Waals surface area (Å²) in [5, 5.41) is 0. The minimum Gasteiger partial charge on any atom is -0.341 e. The van der Waals surface area contributed by atoms with Crippen LogP contribution in [0, 0.1) is 5.92 Å². The zero-order chi connectivity index (χ0) is 12.3. The van der Waals surface area contributed by atoms with Gasteiger partial charge in [-0.25, -0.2) is 0 Å². The average molecular weight is 226 g/mol. The van der Waals surface area contributed by atoms with Gasteiger partial charge in [-0.3, -0.25) is 4.79 Å². The van der Waals surface area contributed by atoms with Gasteiger partial charge in [-0.05, 0) is 25.7 Å². The first-order valence-corrected chi connectivity index (χ1v) is 6.44. The molecule has 3 heteroatoms. The molecule has 1 fully saturated rings. The molecule has 0 spiro atoms. The minimum atomic E-state index is -0.587. The van der Waals surface area contributed by atoms with Gasteiger partial charge >= 0.3 is 0 Å². The van der Waals surface area contributed by atoms with Gasteiger partial charge in [-0.1, -0.05) is 33.1 Å². The molecule has 1 saturated carbocycles. The first kappa shape index (κ1) is 13.5. The predicted molar refractivity (Wildman–Crippen MR) is 67.1 cm³/mol. The highest BCUT2D eigenvalue weighted by molar-refractivity contribution is 5.86. The summed E-state index contributed by atoms with van der Waals surface area (Å²) in [5.74, 6) is 0.606. The van der Waals surface area contributed by atoms with Gasteiger partial charge in [0.2, 0.25) is 5.91 Å². The highest BCUT2D eigenvalue weighted by atomic mass is 16.2. The van der Waals surface area contributed by atoms with Gasteiger partial charge in [-0.15, -0.1) is 0 Å². The van der Waals surface area contributed by atoms with E-state index in [2.05, 4.69) is 20.8 Å². The predicted octanol–water partition coefficient (Wildman–Crippen LogP) is 2.15. The molecule has 0 aromatic rings. The van der Waals surface area contributed by atoms with Crippen LogP contribution in [0.1, 0.15) is 52.9 Å². The lowest BCUT2D eigenvalue weighted by Crippen LogP contribution is -2.57. The second kappa shape index (κ2) is 5.17. The quantitative estimate of drug-likeness (QED) is 0.801. The molecule has 1 rings (SSSR count). The smallest absolute Gasteiger partial charge is 0.242 e. The molecule has 0 heterocycles. The third kappa shape index (κ3) is 2.76. The van der Waals surface area contributed by atoms with Gasteiger partial charge < -0.3 is 10.6 Å². The standard InChI is InChI=1S/C13H26N2O/c1-10(2)11(3)15(4)12(16)13(14)8-6-5-7-9-13/h10-11H,5-9,14H2,1-4H3. The number of nitrogens with two attached hydrogens (primary N) is 1. The number of rotatable bonds is 3. The van der Waals surface area contributed by atoms with E-state index in [9.17, 15) is 4.79 Å². The minimum absolute atomic E-state index is 0.133. The molecule has 16 heavy (non-hydrogen) atoms. The number of amides is 1. The van der Waals surface area contributed by atoms with Crippen LogP contribution in [0.5, 0.6) is 0 Å². The summed E-state index contributed by atoms with van der Waals surface area (Å²) < 4.78 is 0. The normalized spacial score (nSPS) is 21.9. The SMILES string of the molecule is CC(C)C(C)N(C)C(=O)C1(N)CCCCC1. The van der Waals surface area contributed by atoms with E-state index in [1.807, 2.05) is 11.9 Å². The molecule has 94 valence electrons. The molecule has 0 bridgehead atoms. The number of carbonyl (C=O) groups is 1. The molecular formula is C13H26N2O. The molecule has 0 radical (unpaired) electrons. The van der Waals surface area contributed by atoms with Gasteiger partial charge in [-0.2, -0.15) is 0 Å². The van der Waals surface area contributed by atoms with Crippen molar-refractivity contribution in [2.45, 2.75) is 64.5 Å². The molecule has 0 aliphatic heterocycles. The lowest BCUT2D eigenvalue weighted by molar-refractivity contribution is -0.139. The molecular weight excluding hydrogens is 200 g/mol. The third-order valence-electron chi connectivity index (χ3n) is 4.07. The van der Waals surface area contributed by atoms with Gasteiger partial charge in [0.25, 0.3) is 0 Å². The molecule has 1 amide bonds. The summed E-state index contributed by atoms with van der Waals surface area (Å²) in [7, 11) is 1.89. The van der Waals surface area contributed by atoms with E-state index in [0.717, 1.165) is 25.7 Å². The Kier molecular flexibility index (Phi) is 4.36. The van der Waals surface area contributed by atoms with Crippen LogP contribution in [0.25, 0.3) is 0 Å². The molecule has 1 unspecified atom stereocenters.